The summed E-state index contributed by atoms with van der Waals surface area (Å²) in [5.74, 6) is -0.342. The Morgan fingerprint density at radius 1 is 1.53 bits per heavy atom. The maximum absolute atomic E-state index is 12.8. The van der Waals surface area contributed by atoms with Crippen LogP contribution in [-0.4, -0.2) is 23.7 Å². The van der Waals surface area contributed by atoms with E-state index in [2.05, 4.69) is 5.32 Å². The van der Waals surface area contributed by atoms with E-state index < -0.39 is 6.10 Å². The average molecular weight is 239 g/mol. The molecule has 0 aliphatic carbocycles. The van der Waals surface area contributed by atoms with E-state index in [0.29, 0.717) is 25.8 Å². The summed E-state index contributed by atoms with van der Waals surface area (Å²) in [5.41, 5.74) is 0.862. The highest BCUT2D eigenvalue weighted by atomic mass is 19.1. The fourth-order valence-corrected chi connectivity index (χ4v) is 1.47. The summed E-state index contributed by atoms with van der Waals surface area (Å²) >= 11 is 0. The van der Waals surface area contributed by atoms with Crippen LogP contribution in [0.15, 0.2) is 24.3 Å². The first-order valence-corrected chi connectivity index (χ1v) is 5.77. The van der Waals surface area contributed by atoms with Gasteiger partial charge in [0.15, 0.2) is 0 Å². The number of aliphatic hydroxyl groups is 1. The molecule has 0 bridgehead atoms. The lowest BCUT2D eigenvalue weighted by Crippen LogP contribution is -2.26. The third-order valence-corrected chi connectivity index (χ3v) is 2.41. The van der Waals surface area contributed by atoms with Gasteiger partial charge < -0.3 is 10.4 Å². The third-order valence-electron chi connectivity index (χ3n) is 2.41. The molecule has 0 spiro atoms. The fourth-order valence-electron chi connectivity index (χ4n) is 1.47. The molecule has 1 rings (SSSR count). The van der Waals surface area contributed by atoms with Crippen LogP contribution in [0.2, 0.25) is 0 Å². The van der Waals surface area contributed by atoms with Gasteiger partial charge in [-0.25, -0.2) is 4.39 Å². The van der Waals surface area contributed by atoms with Gasteiger partial charge >= 0.3 is 0 Å². The van der Waals surface area contributed by atoms with Crippen molar-refractivity contribution in [2.45, 2.75) is 32.3 Å². The van der Waals surface area contributed by atoms with E-state index >= 15 is 0 Å². The van der Waals surface area contributed by atoms with Crippen molar-refractivity contribution in [3.05, 3.63) is 35.6 Å². The van der Waals surface area contributed by atoms with E-state index in [9.17, 15) is 9.18 Å². The molecule has 4 heteroatoms. The maximum atomic E-state index is 12.8. The van der Waals surface area contributed by atoms with Gasteiger partial charge in [0.2, 0.25) is 5.91 Å². The molecular formula is C13H18FNO2. The summed E-state index contributed by atoms with van der Waals surface area (Å²) in [7, 11) is 0. The van der Waals surface area contributed by atoms with Gasteiger partial charge in [0, 0.05) is 13.0 Å². The molecule has 1 atom stereocenters. The molecule has 17 heavy (non-hydrogen) atoms. The molecule has 94 valence electrons. The second kappa shape index (κ2) is 7.01. The van der Waals surface area contributed by atoms with Gasteiger partial charge in [-0.2, -0.15) is 0 Å². The maximum Gasteiger partial charge on any atom is 0.220 e. The van der Waals surface area contributed by atoms with E-state index in [0.717, 1.165) is 5.56 Å². The molecule has 1 aromatic carbocycles. The monoisotopic (exact) mass is 239 g/mol. The highest BCUT2D eigenvalue weighted by molar-refractivity contribution is 5.75. The van der Waals surface area contributed by atoms with Crippen LogP contribution in [-0.2, 0) is 11.2 Å². The molecule has 0 saturated carbocycles. The summed E-state index contributed by atoms with van der Waals surface area (Å²) in [6, 6.07) is 6.33. The lowest BCUT2D eigenvalue weighted by atomic mass is 10.1. The van der Waals surface area contributed by atoms with E-state index in [1.54, 1.807) is 13.0 Å². The average Bonchev–Trinajstić information content (AvgIpc) is 2.26. The van der Waals surface area contributed by atoms with Gasteiger partial charge in [0.25, 0.3) is 0 Å². The number of rotatable bonds is 6. The zero-order valence-electron chi connectivity index (χ0n) is 9.95. The largest absolute Gasteiger partial charge is 0.393 e. The van der Waals surface area contributed by atoms with Crippen LogP contribution in [0.5, 0.6) is 0 Å². The zero-order chi connectivity index (χ0) is 12.7. The van der Waals surface area contributed by atoms with Gasteiger partial charge in [0.05, 0.1) is 6.10 Å². The van der Waals surface area contributed by atoms with Crippen LogP contribution < -0.4 is 5.32 Å². The Bertz CT molecular complexity index is 366. The van der Waals surface area contributed by atoms with Gasteiger partial charge in [-0.1, -0.05) is 12.1 Å². The smallest absolute Gasteiger partial charge is 0.220 e. The Labute approximate surface area is 101 Å². The van der Waals surface area contributed by atoms with Crippen molar-refractivity contribution >= 4 is 5.91 Å². The van der Waals surface area contributed by atoms with Crippen LogP contribution in [0, 0.1) is 5.82 Å². The predicted molar refractivity (Wildman–Crippen MR) is 64.0 cm³/mol. The van der Waals surface area contributed by atoms with Gasteiger partial charge in [-0.05, 0) is 37.5 Å². The fraction of sp³-hybridized carbons (Fsp3) is 0.462. The SMILES string of the molecule is CC(O)CCC(=O)NCCc1cccc(F)c1. The highest BCUT2D eigenvalue weighted by Gasteiger charge is 2.03. The lowest BCUT2D eigenvalue weighted by molar-refractivity contribution is -0.121. The standard InChI is InChI=1S/C13H18FNO2/c1-10(16)5-6-13(17)15-8-7-11-3-2-4-12(14)9-11/h2-4,9-10,16H,5-8H2,1H3,(H,15,17). The van der Waals surface area contributed by atoms with Crippen LogP contribution in [0.25, 0.3) is 0 Å². The molecule has 2 N–H and O–H groups in total. The number of amides is 1. The van der Waals surface area contributed by atoms with Crippen molar-refractivity contribution in [3.63, 3.8) is 0 Å². The Morgan fingerprint density at radius 3 is 2.94 bits per heavy atom. The molecule has 3 nitrogen and oxygen atoms in total. The summed E-state index contributed by atoms with van der Waals surface area (Å²) in [5, 5.41) is 11.7. The Morgan fingerprint density at radius 2 is 2.29 bits per heavy atom. The molecule has 1 aromatic rings. The van der Waals surface area contributed by atoms with Crippen molar-refractivity contribution in [3.8, 4) is 0 Å². The summed E-state index contributed by atoms with van der Waals surface area (Å²) in [6.07, 6.45) is 0.939. The number of hydrogen-bond donors (Lipinski definition) is 2. The molecule has 1 amide bonds. The molecular weight excluding hydrogens is 221 g/mol. The van der Waals surface area contributed by atoms with E-state index in [1.807, 2.05) is 6.07 Å². The number of benzene rings is 1. The second-order valence-electron chi connectivity index (χ2n) is 4.12. The summed E-state index contributed by atoms with van der Waals surface area (Å²) in [4.78, 5) is 11.3. The number of aliphatic hydroxyl groups excluding tert-OH is 1. The van der Waals surface area contributed by atoms with E-state index in [4.69, 9.17) is 5.11 Å². The van der Waals surface area contributed by atoms with Crippen molar-refractivity contribution in [2.24, 2.45) is 0 Å². The number of carbonyl (C=O) groups excluding carboxylic acids is 1. The first-order chi connectivity index (χ1) is 8.08. The molecule has 0 saturated heterocycles. The Hall–Kier alpha value is -1.42. The van der Waals surface area contributed by atoms with Crippen molar-refractivity contribution in [2.75, 3.05) is 6.54 Å². The molecule has 1 unspecified atom stereocenters. The number of carbonyl (C=O) groups is 1. The number of hydrogen-bond acceptors (Lipinski definition) is 2. The van der Waals surface area contributed by atoms with Gasteiger partial charge in [-0.15, -0.1) is 0 Å². The van der Waals surface area contributed by atoms with Crippen LogP contribution >= 0.6 is 0 Å². The van der Waals surface area contributed by atoms with Gasteiger partial charge in [0.1, 0.15) is 5.82 Å². The quantitative estimate of drug-likeness (QED) is 0.793. The topological polar surface area (TPSA) is 49.3 Å². The molecule has 0 fully saturated rings. The Balaban J connectivity index is 2.21. The van der Waals surface area contributed by atoms with Crippen molar-refractivity contribution < 1.29 is 14.3 Å². The minimum Gasteiger partial charge on any atom is -0.393 e. The normalized spacial score (nSPS) is 12.2. The van der Waals surface area contributed by atoms with Crippen LogP contribution in [0.3, 0.4) is 0 Å². The lowest BCUT2D eigenvalue weighted by Gasteiger charge is -2.06. The van der Waals surface area contributed by atoms with Crippen LogP contribution in [0.1, 0.15) is 25.3 Å². The highest BCUT2D eigenvalue weighted by Crippen LogP contribution is 2.03. The Kier molecular flexibility index (Phi) is 5.63. The van der Waals surface area contributed by atoms with Crippen LogP contribution in [0.4, 0.5) is 4.39 Å². The van der Waals surface area contributed by atoms with Gasteiger partial charge in [-0.3, -0.25) is 4.79 Å². The molecule has 0 aliphatic rings. The first kappa shape index (κ1) is 13.6. The molecule has 0 heterocycles. The third kappa shape index (κ3) is 6.02. The molecule has 0 aromatic heterocycles. The number of halogens is 1. The summed E-state index contributed by atoms with van der Waals surface area (Å²) < 4.78 is 12.8. The van der Waals surface area contributed by atoms with E-state index in [-0.39, 0.29) is 11.7 Å². The summed E-state index contributed by atoms with van der Waals surface area (Å²) in [6.45, 7) is 2.14. The van der Waals surface area contributed by atoms with Crippen molar-refractivity contribution in [1.82, 2.24) is 5.32 Å². The predicted octanol–water partition coefficient (Wildman–Crippen LogP) is 1.65. The van der Waals surface area contributed by atoms with Crippen molar-refractivity contribution in [1.29, 1.82) is 0 Å². The molecule has 0 radical (unpaired) electrons. The number of nitrogens with one attached hydrogen (secondary N) is 1. The minimum absolute atomic E-state index is 0.0812. The van der Waals surface area contributed by atoms with E-state index in [1.165, 1.54) is 12.1 Å². The second-order valence-corrected chi connectivity index (χ2v) is 4.12. The first-order valence-electron chi connectivity index (χ1n) is 5.77. The zero-order valence-corrected chi connectivity index (χ0v) is 9.95. The molecule has 0 aliphatic heterocycles. The minimum atomic E-state index is -0.455.